The Morgan fingerprint density at radius 1 is 1.12 bits per heavy atom. The molecule has 0 aliphatic rings. The molecule has 0 radical (unpaired) electrons. The molecule has 0 fully saturated rings. The highest BCUT2D eigenvalue weighted by molar-refractivity contribution is 5.68. The number of carboxylic acids is 1. The third-order valence-corrected chi connectivity index (χ3v) is 3.97. The number of unbranched alkanes of at least 4 members (excludes halogenated alkanes) is 3. The van der Waals surface area contributed by atoms with Crippen molar-refractivity contribution in [2.75, 3.05) is 13.2 Å². The molecule has 0 saturated heterocycles. The molecule has 0 aliphatic carbocycles. The predicted molar refractivity (Wildman–Crippen MR) is 103 cm³/mol. The van der Waals surface area contributed by atoms with Crippen molar-refractivity contribution in [1.82, 2.24) is 4.90 Å². The van der Waals surface area contributed by atoms with Gasteiger partial charge in [-0.25, -0.2) is 4.79 Å². The van der Waals surface area contributed by atoms with Gasteiger partial charge in [-0.3, -0.25) is 4.79 Å². The van der Waals surface area contributed by atoms with E-state index in [-0.39, 0.29) is 31.7 Å². The Hall–Kier alpha value is -1.56. The molecule has 0 rings (SSSR count). The summed E-state index contributed by atoms with van der Waals surface area (Å²) in [5.41, 5.74) is -0.547. The van der Waals surface area contributed by atoms with E-state index in [1.54, 1.807) is 4.90 Å². The molecule has 1 unspecified atom stereocenters. The Balaban J connectivity index is 4.25. The minimum absolute atomic E-state index is 0.0662. The van der Waals surface area contributed by atoms with Crippen molar-refractivity contribution in [1.29, 1.82) is 0 Å². The molecule has 1 amide bonds. The van der Waals surface area contributed by atoms with Gasteiger partial charge in [-0.2, -0.15) is 0 Å². The van der Waals surface area contributed by atoms with Crippen LogP contribution in [-0.2, 0) is 9.53 Å². The van der Waals surface area contributed by atoms with Crippen LogP contribution in [-0.4, -0.2) is 52.0 Å². The molecular formula is C20H37NO5. The predicted octanol–water partition coefficient (Wildman–Crippen LogP) is 4.37. The number of aliphatic hydroxyl groups is 1. The number of carbonyl (C=O) groups is 2. The van der Waals surface area contributed by atoms with E-state index in [1.807, 2.05) is 33.8 Å². The number of hydrogen-bond acceptors (Lipinski definition) is 4. The van der Waals surface area contributed by atoms with E-state index >= 15 is 0 Å². The van der Waals surface area contributed by atoms with Gasteiger partial charge in [0, 0.05) is 19.0 Å². The normalized spacial score (nSPS) is 13.0. The summed E-state index contributed by atoms with van der Waals surface area (Å²) in [7, 11) is 0. The Kier molecular flexibility index (Phi) is 12.8. The lowest BCUT2D eigenvalue weighted by molar-refractivity contribution is -0.137. The molecule has 1 atom stereocenters. The van der Waals surface area contributed by atoms with Crippen molar-refractivity contribution in [3.05, 3.63) is 12.2 Å². The lowest BCUT2D eigenvalue weighted by Gasteiger charge is -2.33. The summed E-state index contributed by atoms with van der Waals surface area (Å²) >= 11 is 0. The summed E-state index contributed by atoms with van der Waals surface area (Å²) < 4.78 is 5.46. The van der Waals surface area contributed by atoms with Gasteiger partial charge in [-0.1, -0.05) is 25.5 Å². The Morgan fingerprint density at radius 2 is 1.73 bits per heavy atom. The summed E-state index contributed by atoms with van der Waals surface area (Å²) in [4.78, 5) is 24.4. The van der Waals surface area contributed by atoms with Gasteiger partial charge < -0.3 is 19.8 Å². The van der Waals surface area contributed by atoms with Gasteiger partial charge >= 0.3 is 12.1 Å². The maximum absolute atomic E-state index is 12.4. The third kappa shape index (κ3) is 12.8. The third-order valence-electron chi connectivity index (χ3n) is 3.97. The average Bonchev–Trinajstić information content (AvgIpc) is 2.53. The van der Waals surface area contributed by atoms with E-state index in [2.05, 4.69) is 6.08 Å². The van der Waals surface area contributed by atoms with Crippen LogP contribution in [0.4, 0.5) is 4.79 Å². The van der Waals surface area contributed by atoms with E-state index in [1.165, 1.54) is 0 Å². The first-order chi connectivity index (χ1) is 12.2. The molecule has 0 heterocycles. The Morgan fingerprint density at radius 3 is 2.23 bits per heavy atom. The molecule has 0 aliphatic heterocycles. The van der Waals surface area contributed by atoms with Crippen molar-refractivity contribution in [3.63, 3.8) is 0 Å². The van der Waals surface area contributed by atoms with E-state index in [0.29, 0.717) is 6.42 Å². The van der Waals surface area contributed by atoms with Crippen LogP contribution in [0.2, 0.25) is 0 Å². The molecular weight excluding hydrogens is 334 g/mol. The van der Waals surface area contributed by atoms with Crippen molar-refractivity contribution in [2.24, 2.45) is 0 Å². The molecule has 26 heavy (non-hydrogen) atoms. The van der Waals surface area contributed by atoms with Crippen molar-refractivity contribution in [2.45, 2.75) is 90.7 Å². The number of allylic oxidation sites excluding steroid dienone is 2. The van der Waals surface area contributed by atoms with Gasteiger partial charge in [0.2, 0.25) is 0 Å². The van der Waals surface area contributed by atoms with Crippen LogP contribution >= 0.6 is 0 Å². The smallest absolute Gasteiger partial charge is 0.410 e. The van der Waals surface area contributed by atoms with Gasteiger partial charge in [0.1, 0.15) is 5.60 Å². The first kappa shape index (κ1) is 24.4. The van der Waals surface area contributed by atoms with Gasteiger partial charge in [0.15, 0.2) is 0 Å². The Labute approximate surface area is 158 Å². The molecule has 6 heteroatoms. The van der Waals surface area contributed by atoms with Crippen LogP contribution in [0.15, 0.2) is 12.2 Å². The molecule has 0 spiro atoms. The van der Waals surface area contributed by atoms with E-state index < -0.39 is 11.6 Å². The number of hydrogen-bond donors (Lipinski definition) is 2. The average molecular weight is 372 g/mol. The number of rotatable bonds is 13. The van der Waals surface area contributed by atoms with E-state index in [4.69, 9.17) is 9.84 Å². The minimum atomic E-state index is -0.749. The molecule has 0 aromatic heterocycles. The van der Waals surface area contributed by atoms with E-state index in [9.17, 15) is 14.7 Å². The summed E-state index contributed by atoms with van der Waals surface area (Å²) in [6.07, 6.45) is 10.1. The van der Waals surface area contributed by atoms with Crippen LogP contribution < -0.4 is 0 Å². The fourth-order valence-electron chi connectivity index (χ4n) is 2.68. The molecule has 0 bridgehead atoms. The number of aliphatic hydroxyl groups excluding tert-OH is 1. The largest absolute Gasteiger partial charge is 0.481 e. The highest BCUT2D eigenvalue weighted by Crippen LogP contribution is 2.18. The number of carbonyl (C=O) groups excluding carboxylic acids is 1. The maximum Gasteiger partial charge on any atom is 0.410 e. The highest BCUT2D eigenvalue weighted by Gasteiger charge is 2.26. The number of aliphatic carboxylic acids is 1. The molecule has 0 aromatic rings. The number of ether oxygens (including phenoxy) is 1. The van der Waals surface area contributed by atoms with Gasteiger partial charge in [-0.15, -0.1) is 0 Å². The number of amides is 1. The van der Waals surface area contributed by atoms with Crippen LogP contribution in [0.5, 0.6) is 0 Å². The second-order valence-corrected chi connectivity index (χ2v) is 7.50. The van der Waals surface area contributed by atoms with Crippen LogP contribution in [0.25, 0.3) is 0 Å². The summed E-state index contributed by atoms with van der Waals surface area (Å²) in [6, 6.07) is 0.0662. The second-order valence-electron chi connectivity index (χ2n) is 7.50. The minimum Gasteiger partial charge on any atom is -0.481 e. The first-order valence-electron chi connectivity index (χ1n) is 9.68. The van der Waals surface area contributed by atoms with Crippen molar-refractivity contribution < 1.29 is 24.5 Å². The second kappa shape index (κ2) is 13.6. The highest BCUT2D eigenvalue weighted by atomic mass is 16.6. The van der Waals surface area contributed by atoms with Gasteiger partial charge in [0.25, 0.3) is 0 Å². The summed E-state index contributed by atoms with van der Waals surface area (Å²) in [5, 5.41) is 17.8. The maximum atomic E-state index is 12.4. The van der Waals surface area contributed by atoms with Gasteiger partial charge in [-0.05, 0) is 59.3 Å². The SMILES string of the molecule is CCC(CCCC/C=C\CCCC(=O)O)N(CCO)C(=O)OC(C)(C)C. The van der Waals surface area contributed by atoms with Crippen LogP contribution in [0, 0.1) is 0 Å². The topological polar surface area (TPSA) is 87.1 Å². The standard InChI is InChI=1S/C20H37NO5/c1-5-17(21(15-16-22)19(25)26-20(2,3)4)13-11-9-7-6-8-10-12-14-18(23)24/h6,8,17,22H,5,7,9-16H2,1-4H3,(H,23,24)/b8-6-. The molecule has 0 saturated carbocycles. The van der Waals surface area contributed by atoms with Crippen LogP contribution in [0.1, 0.15) is 79.1 Å². The first-order valence-corrected chi connectivity index (χ1v) is 9.68. The zero-order valence-electron chi connectivity index (χ0n) is 16.9. The summed E-state index contributed by atoms with van der Waals surface area (Å²) in [6.45, 7) is 7.77. The lowest BCUT2D eigenvalue weighted by Crippen LogP contribution is -2.44. The van der Waals surface area contributed by atoms with E-state index in [0.717, 1.165) is 38.5 Å². The number of nitrogens with zero attached hydrogens (tertiary/aromatic N) is 1. The fraction of sp³-hybridized carbons (Fsp3) is 0.800. The molecule has 6 nitrogen and oxygen atoms in total. The monoisotopic (exact) mass is 371 g/mol. The van der Waals surface area contributed by atoms with Crippen molar-refractivity contribution >= 4 is 12.1 Å². The molecule has 2 N–H and O–H groups in total. The summed E-state index contributed by atoms with van der Waals surface area (Å²) in [5.74, 6) is -0.749. The zero-order valence-corrected chi connectivity index (χ0v) is 16.9. The molecule has 152 valence electrons. The van der Waals surface area contributed by atoms with Crippen LogP contribution in [0.3, 0.4) is 0 Å². The number of carboxylic acid groups (broad SMARTS) is 1. The Bertz CT molecular complexity index is 428. The molecule has 0 aromatic carbocycles. The van der Waals surface area contributed by atoms with Crippen molar-refractivity contribution in [3.8, 4) is 0 Å². The fourth-order valence-corrected chi connectivity index (χ4v) is 2.68. The van der Waals surface area contributed by atoms with Gasteiger partial charge in [0.05, 0.1) is 6.61 Å². The quantitative estimate of drug-likeness (QED) is 0.371. The lowest BCUT2D eigenvalue weighted by atomic mass is 10.0. The zero-order chi connectivity index (χ0) is 20.0.